The van der Waals surface area contributed by atoms with E-state index < -0.39 is 0 Å². The molecule has 0 bridgehead atoms. The lowest BCUT2D eigenvalue weighted by Crippen LogP contribution is -2.19. The molecule has 0 spiro atoms. The van der Waals surface area contributed by atoms with Gasteiger partial charge >= 0.3 is 0 Å². The maximum absolute atomic E-state index is 11.0. The van der Waals surface area contributed by atoms with Gasteiger partial charge in [0.05, 0.1) is 6.54 Å². The highest BCUT2D eigenvalue weighted by Gasteiger charge is 2.04. The third kappa shape index (κ3) is 4.71. The summed E-state index contributed by atoms with van der Waals surface area (Å²) in [6.07, 6.45) is 0. The Morgan fingerprint density at radius 2 is 2.24 bits per heavy atom. The average Bonchev–Trinajstić information content (AvgIpc) is 2.28. The number of rotatable bonds is 4. The van der Waals surface area contributed by atoms with Gasteiger partial charge in [0.2, 0.25) is 5.91 Å². The first-order valence-corrected chi connectivity index (χ1v) is 5.64. The summed E-state index contributed by atoms with van der Waals surface area (Å²) in [7, 11) is 0. The fourth-order valence-corrected chi connectivity index (χ4v) is 1.50. The molecule has 0 aliphatic heterocycles. The zero-order chi connectivity index (χ0) is 12.7. The summed E-state index contributed by atoms with van der Waals surface area (Å²) < 4.78 is 0. The second-order valence-corrected chi connectivity index (χ2v) is 3.84. The van der Waals surface area contributed by atoms with E-state index in [-0.39, 0.29) is 11.9 Å². The molecule has 2 N–H and O–H groups in total. The molecule has 1 aromatic carbocycles. The Balaban J connectivity index is 2.68. The van der Waals surface area contributed by atoms with Crippen LogP contribution in [0.15, 0.2) is 24.3 Å². The third-order valence-electron chi connectivity index (χ3n) is 2.38. The lowest BCUT2D eigenvalue weighted by molar-refractivity contribution is -0.114. The summed E-state index contributed by atoms with van der Waals surface area (Å²) in [5.74, 6) is 5.75. The number of carbonyl (C=O) groups is 1. The maximum atomic E-state index is 11.0. The first kappa shape index (κ1) is 13.3. The summed E-state index contributed by atoms with van der Waals surface area (Å²) in [4.78, 5) is 11.0. The van der Waals surface area contributed by atoms with Gasteiger partial charge in [0.15, 0.2) is 0 Å². The molecule has 0 saturated heterocycles. The minimum atomic E-state index is -0.0559. The topological polar surface area (TPSA) is 41.1 Å². The highest BCUT2D eigenvalue weighted by molar-refractivity contribution is 5.88. The van der Waals surface area contributed by atoms with E-state index in [2.05, 4.69) is 29.4 Å². The van der Waals surface area contributed by atoms with Crippen molar-refractivity contribution in [1.29, 1.82) is 0 Å². The summed E-state index contributed by atoms with van der Waals surface area (Å²) >= 11 is 0. The van der Waals surface area contributed by atoms with Crippen molar-refractivity contribution >= 4 is 11.6 Å². The van der Waals surface area contributed by atoms with Crippen LogP contribution >= 0.6 is 0 Å². The monoisotopic (exact) mass is 230 g/mol. The van der Waals surface area contributed by atoms with Crippen molar-refractivity contribution in [1.82, 2.24) is 5.32 Å². The molecule has 0 aliphatic carbocycles. The molecule has 1 unspecified atom stereocenters. The van der Waals surface area contributed by atoms with Gasteiger partial charge in [0.1, 0.15) is 0 Å². The van der Waals surface area contributed by atoms with E-state index >= 15 is 0 Å². The molecular formula is C14H18N2O. The van der Waals surface area contributed by atoms with Crippen LogP contribution in [0.1, 0.15) is 32.4 Å². The lowest BCUT2D eigenvalue weighted by Gasteiger charge is -2.13. The molecule has 1 amide bonds. The highest BCUT2D eigenvalue weighted by Crippen LogP contribution is 2.17. The van der Waals surface area contributed by atoms with Crippen molar-refractivity contribution in [3.05, 3.63) is 29.8 Å². The van der Waals surface area contributed by atoms with Gasteiger partial charge in [-0.15, -0.1) is 5.92 Å². The molecule has 0 aromatic heterocycles. The maximum Gasteiger partial charge on any atom is 0.221 e. The van der Waals surface area contributed by atoms with Crippen LogP contribution in [-0.4, -0.2) is 12.5 Å². The minimum Gasteiger partial charge on any atom is -0.326 e. The zero-order valence-electron chi connectivity index (χ0n) is 10.5. The van der Waals surface area contributed by atoms with Gasteiger partial charge in [-0.3, -0.25) is 10.1 Å². The van der Waals surface area contributed by atoms with Crippen LogP contribution in [0, 0.1) is 11.8 Å². The summed E-state index contributed by atoms with van der Waals surface area (Å²) in [6, 6.07) is 8.03. The van der Waals surface area contributed by atoms with Crippen LogP contribution in [0.3, 0.4) is 0 Å². The van der Waals surface area contributed by atoms with Gasteiger partial charge in [-0.1, -0.05) is 18.1 Å². The van der Waals surface area contributed by atoms with Gasteiger partial charge < -0.3 is 5.32 Å². The molecule has 1 aromatic rings. The van der Waals surface area contributed by atoms with Crippen LogP contribution in [0.5, 0.6) is 0 Å². The smallest absolute Gasteiger partial charge is 0.221 e. The second kappa shape index (κ2) is 6.72. The molecule has 3 nitrogen and oxygen atoms in total. The number of benzene rings is 1. The van der Waals surface area contributed by atoms with Crippen molar-refractivity contribution in [3.8, 4) is 11.8 Å². The van der Waals surface area contributed by atoms with E-state index in [1.54, 1.807) is 0 Å². The first-order valence-electron chi connectivity index (χ1n) is 5.64. The molecule has 1 atom stereocenters. The SMILES string of the molecule is CC#CCNC(C)c1cccc(NC(C)=O)c1. The molecule has 0 saturated carbocycles. The number of carbonyl (C=O) groups excluding carboxylic acids is 1. The second-order valence-electron chi connectivity index (χ2n) is 3.84. The van der Waals surface area contributed by atoms with Crippen molar-refractivity contribution in [2.24, 2.45) is 0 Å². The minimum absolute atomic E-state index is 0.0559. The molecule has 1 rings (SSSR count). The Morgan fingerprint density at radius 1 is 1.47 bits per heavy atom. The van der Waals surface area contributed by atoms with Crippen molar-refractivity contribution < 1.29 is 4.79 Å². The van der Waals surface area contributed by atoms with E-state index in [0.29, 0.717) is 6.54 Å². The summed E-state index contributed by atoms with van der Waals surface area (Å²) in [5.41, 5.74) is 1.96. The molecule has 0 aliphatic rings. The number of amides is 1. The van der Waals surface area contributed by atoms with Crippen LogP contribution in [0.4, 0.5) is 5.69 Å². The normalized spacial score (nSPS) is 11.2. The van der Waals surface area contributed by atoms with Crippen LogP contribution in [-0.2, 0) is 4.79 Å². The summed E-state index contributed by atoms with van der Waals surface area (Å²) in [6.45, 7) is 6.07. The Bertz CT molecular complexity index is 443. The number of hydrogen-bond donors (Lipinski definition) is 2. The van der Waals surface area contributed by atoms with E-state index in [1.165, 1.54) is 6.92 Å². The Kier molecular flexibility index (Phi) is 5.25. The van der Waals surface area contributed by atoms with Crippen LogP contribution in [0.25, 0.3) is 0 Å². The molecule has 17 heavy (non-hydrogen) atoms. The fourth-order valence-electron chi connectivity index (χ4n) is 1.50. The van der Waals surface area contributed by atoms with E-state index in [9.17, 15) is 4.79 Å². The fraction of sp³-hybridized carbons (Fsp3) is 0.357. The predicted molar refractivity (Wildman–Crippen MR) is 70.6 cm³/mol. The standard InChI is InChI=1S/C14H18N2O/c1-4-5-9-15-11(2)13-7-6-8-14(10-13)16-12(3)17/h6-8,10-11,15H,9H2,1-3H3,(H,16,17). The molecule has 0 radical (unpaired) electrons. The van der Waals surface area contributed by atoms with Crippen molar-refractivity contribution in [2.45, 2.75) is 26.8 Å². The molecular weight excluding hydrogens is 212 g/mol. The van der Waals surface area contributed by atoms with Crippen molar-refractivity contribution in [2.75, 3.05) is 11.9 Å². The zero-order valence-corrected chi connectivity index (χ0v) is 10.5. The molecule has 90 valence electrons. The third-order valence-corrected chi connectivity index (χ3v) is 2.38. The van der Waals surface area contributed by atoms with E-state index in [1.807, 2.05) is 31.2 Å². The van der Waals surface area contributed by atoms with E-state index in [4.69, 9.17) is 0 Å². The van der Waals surface area contributed by atoms with Gasteiger partial charge in [-0.05, 0) is 31.5 Å². The Hall–Kier alpha value is -1.79. The number of hydrogen-bond acceptors (Lipinski definition) is 2. The predicted octanol–water partition coefficient (Wildman–Crippen LogP) is 2.32. The number of nitrogens with one attached hydrogen (secondary N) is 2. The van der Waals surface area contributed by atoms with Gasteiger partial charge in [-0.2, -0.15) is 0 Å². The van der Waals surface area contributed by atoms with Gasteiger partial charge in [0, 0.05) is 18.7 Å². The highest BCUT2D eigenvalue weighted by atomic mass is 16.1. The lowest BCUT2D eigenvalue weighted by atomic mass is 10.1. The van der Waals surface area contributed by atoms with Gasteiger partial charge in [-0.25, -0.2) is 0 Å². The largest absolute Gasteiger partial charge is 0.326 e. The molecule has 0 heterocycles. The average molecular weight is 230 g/mol. The Morgan fingerprint density at radius 3 is 2.88 bits per heavy atom. The molecule has 0 fully saturated rings. The quantitative estimate of drug-likeness (QED) is 0.779. The Labute approximate surface area is 103 Å². The van der Waals surface area contributed by atoms with Crippen molar-refractivity contribution in [3.63, 3.8) is 0 Å². The number of anilines is 1. The van der Waals surface area contributed by atoms with Gasteiger partial charge in [0.25, 0.3) is 0 Å². The summed E-state index contributed by atoms with van der Waals surface area (Å²) in [5, 5.41) is 6.07. The van der Waals surface area contributed by atoms with E-state index in [0.717, 1.165) is 11.3 Å². The molecule has 3 heteroatoms. The van der Waals surface area contributed by atoms with Crippen LogP contribution < -0.4 is 10.6 Å². The first-order chi connectivity index (χ1) is 8.13. The van der Waals surface area contributed by atoms with Crippen LogP contribution in [0.2, 0.25) is 0 Å².